The van der Waals surface area contributed by atoms with Gasteiger partial charge >= 0.3 is 0 Å². The van der Waals surface area contributed by atoms with E-state index in [-0.39, 0.29) is 5.91 Å². The summed E-state index contributed by atoms with van der Waals surface area (Å²) < 4.78 is 11.7. The molecule has 0 aliphatic rings. The van der Waals surface area contributed by atoms with Gasteiger partial charge in [-0.2, -0.15) is 0 Å². The molecule has 0 N–H and O–H groups in total. The van der Waals surface area contributed by atoms with E-state index in [9.17, 15) is 0 Å². The number of benzene rings is 5. The predicted molar refractivity (Wildman–Crippen MR) is 123 cm³/mol. The minimum atomic E-state index is -0.714. The Kier molecular flexibility index (Phi) is 4.51. The van der Waals surface area contributed by atoms with Gasteiger partial charge in [0, 0.05) is 13.2 Å². The van der Waals surface area contributed by atoms with Crippen molar-refractivity contribution < 1.29 is 9.47 Å². The van der Waals surface area contributed by atoms with E-state index in [1.54, 1.807) is 0 Å². The maximum Gasteiger partial charge on any atom is 0.139 e. The van der Waals surface area contributed by atoms with Gasteiger partial charge in [-0.1, -0.05) is 71.9 Å². The highest BCUT2D eigenvalue weighted by atomic mass is 28.2. The molecule has 140 valence electrons. The summed E-state index contributed by atoms with van der Waals surface area (Å²) in [6.07, 6.45) is 0. The van der Waals surface area contributed by atoms with Crippen molar-refractivity contribution in [2.75, 3.05) is 13.2 Å². The molecule has 0 heterocycles. The van der Waals surface area contributed by atoms with Crippen LogP contribution in [-0.4, -0.2) is 28.6 Å². The number of hydrogen-bond acceptors (Lipinski definition) is 2. The van der Waals surface area contributed by atoms with Crippen molar-refractivity contribution in [2.24, 2.45) is 0 Å². The number of fused-ring (bicyclic) bond motifs is 2. The highest BCUT2D eigenvalue weighted by Gasteiger charge is 2.16. The highest BCUT2D eigenvalue weighted by molar-refractivity contribution is 6.55. The second kappa shape index (κ2) is 7.17. The van der Waals surface area contributed by atoms with Crippen LogP contribution in [0.25, 0.3) is 43.1 Å². The Bertz CT molecular complexity index is 1270. The quantitative estimate of drug-likeness (QED) is 0.180. The first-order chi connectivity index (χ1) is 13.8. The largest absolute Gasteiger partial charge is 0.357 e. The molecule has 0 saturated carbocycles. The summed E-state index contributed by atoms with van der Waals surface area (Å²) in [5.41, 5.74) is 0. The van der Waals surface area contributed by atoms with Crippen LogP contribution in [0, 0.1) is 0 Å². The molecule has 0 aliphatic carbocycles. The third-order valence-corrected chi connectivity index (χ3v) is 7.31. The molecule has 0 radical (unpaired) electrons. The minimum absolute atomic E-state index is 0.0606. The molecule has 0 saturated heterocycles. The van der Waals surface area contributed by atoms with Crippen molar-refractivity contribution in [2.45, 2.75) is 19.8 Å². The van der Waals surface area contributed by atoms with Gasteiger partial charge in [-0.3, -0.25) is 0 Å². The fourth-order valence-electron chi connectivity index (χ4n) is 4.56. The Hall–Kier alpha value is -2.46. The fourth-order valence-corrected chi connectivity index (χ4v) is 6.32. The summed E-state index contributed by atoms with van der Waals surface area (Å²) in [6, 6.07) is 24.7. The van der Waals surface area contributed by atoms with E-state index < -0.39 is 9.52 Å². The Labute approximate surface area is 167 Å². The normalized spacial score (nSPS) is 12.7. The second-order valence-corrected chi connectivity index (χ2v) is 9.19. The molecule has 0 bridgehead atoms. The molecular formula is C25H24O2Si. The average molecular weight is 385 g/mol. The zero-order valence-electron chi connectivity index (χ0n) is 16.4. The third-order valence-electron chi connectivity index (χ3n) is 5.63. The lowest BCUT2D eigenvalue weighted by Gasteiger charge is -2.19. The molecule has 0 spiro atoms. The smallest absolute Gasteiger partial charge is 0.139 e. The van der Waals surface area contributed by atoms with Crippen molar-refractivity contribution in [1.29, 1.82) is 0 Å². The molecular weight excluding hydrogens is 360 g/mol. The average Bonchev–Trinajstić information content (AvgIpc) is 2.72. The zero-order chi connectivity index (χ0) is 19.1. The van der Waals surface area contributed by atoms with E-state index in [0.717, 1.165) is 0 Å². The van der Waals surface area contributed by atoms with Crippen LogP contribution in [0.15, 0.2) is 66.7 Å². The van der Waals surface area contributed by atoms with E-state index in [4.69, 9.17) is 9.47 Å². The first kappa shape index (κ1) is 17.6. The highest BCUT2D eigenvalue weighted by Crippen LogP contribution is 2.39. The molecule has 5 aromatic rings. The van der Waals surface area contributed by atoms with Gasteiger partial charge in [-0.25, -0.2) is 0 Å². The van der Waals surface area contributed by atoms with E-state index in [1.807, 2.05) is 13.8 Å². The van der Waals surface area contributed by atoms with Crippen LogP contribution < -0.4 is 5.19 Å². The van der Waals surface area contributed by atoms with Crippen LogP contribution in [0.2, 0.25) is 0 Å². The van der Waals surface area contributed by atoms with Crippen molar-refractivity contribution in [3.05, 3.63) is 66.7 Å². The summed E-state index contributed by atoms with van der Waals surface area (Å²) in [6.45, 7) is 5.45. The van der Waals surface area contributed by atoms with Gasteiger partial charge in [-0.05, 0) is 56.9 Å². The molecule has 0 unspecified atom stereocenters. The van der Waals surface area contributed by atoms with Crippen molar-refractivity contribution in [3.63, 3.8) is 0 Å². The van der Waals surface area contributed by atoms with Gasteiger partial charge in [0.05, 0.1) is 0 Å². The summed E-state index contributed by atoms with van der Waals surface area (Å²) in [4.78, 5) is 0. The summed E-state index contributed by atoms with van der Waals surface area (Å²) in [5, 5.41) is 12.1. The molecule has 0 atom stereocenters. The molecule has 5 rings (SSSR count). The van der Waals surface area contributed by atoms with Crippen LogP contribution in [0.5, 0.6) is 0 Å². The Balaban J connectivity index is 1.81. The van der Waals surface area contributed by atoms with E-state index in [2.05, 4.69) is 66.7 Å². The summed E-state index contributed by atoms with van der Waals surface area (Å²) >= 11 is 0. The summed E-state index contributed by atoms with van der Waals surface area (Å²) in [7, 11) is -0.714. The van der Waals surface area contributed by atoms with E-state index >= 15 is 0 Å². The Morgan fingerprint density at radius 2 is 1.21 bits per heavy atom. The van der Waals surface area contributed by atoms with Crippen LogP contribution >= 0.6 is 0 Å². The van der Waals surface area contributed by atoms with Crippen LogP contribution in [0.1, 0.15) is 13.8 Å². The first-order valence-electron chi connectivity index (χ1n) is 10.1. The number of rotatable bonds is 6. The predicted octanol–water partition coefficient (Wildman–Crippen LogP) is 4.89. The number of ether oxygens (including phenoxy) is 2. The second-order valence-electron chi connectivity index (χ2n) is 7.30. The molecule has 2 nitrogen and oxygen atoms in total. The summed E-state index contributed by atoms with van der Waals surface area (Å²) in [5.74, 6) is -0.0606. The first-order valence-corrected chi connectivity index (χ1v) is 11.6. The molecule has 0 fully saturated rings. The molecule has 5 aromatic carbocycles. The number of hydrogen-bond donors (Lipinski definition) is 0. The topological polar surface area (TPSA) is 18.5 Å². The lowest BCUT2D eigenvalue weighted by molar-refractivity contribution is -0.0817. The Morgan fingerprint density at radius 3 is 1.82 bits per heavy atom. The lowest BCUT2D eigenvalue weighted by Crippen LogP contribution is -2.33. The molecule has 0 aliphatic heterocycles. The zero-order valence-corrected chi connectivity index (χ0v) is 17.8. The van der Waals surface area contributed by atoms with Crippen molar-refractivity contribution in [3.8, 4) is 0 Å². The van der Waals surface area contributed by atoms with Crippen LogP contribution in [-0.2, 0) is 9.47 Å². The van der Waals surface area contributed by atoms with Crippen molar-refractivity contribution >= 4 is 57.8 Å². The SMILES string of the molecule is CCOC(OCC)[SiH2]c1cc2cccc3c4cccc5cccc(c(c1)c23)c54. The lowest BCUT2D eigenvalue weighted by atomic mass is 9.90. The van der Waals surface area contributed by atoms with Crippen LogP contribution in [0.3, 0.4) is 0 Å². The van der Waals surface area contributed by atoms with Gasteiger partial charge in [0.25, 0.3) is 0 Å². The van der Waals surface area contributed by atoms with Gasteiger partial charge in [-0.15, -0.1) is 0 Å². The van der Waals surface area contributed by atoms with Gasteiger partial charge in [0.15, 0.2) is 0 Å². The molecule has 3 heteroatoms. The van der Waals surface area contributed by atoms with Gasteiger partial charge < -0.3 is 9.47 Å². The van der Waals surface area contributed by atoms with E-state index in [0.29, 0.717) is 13.2 Å². The standard InChI is InChI=1S/C25H24O2Si/c1-3-26-25(27-4-2)28-18-14-17-10-7-12-20-19-11-5-8-16-9-6-13-21(23(16)19)22(15-18)24(17)20/h5-15,25H,3-4,28H2,1-2H3. The van der Waals surface area contributed by atoms with Crippen molar-refractivity contribution in [1.82, 2.24) is 0 Å². The monoisotopic (exact) mass is 384 g/mol. The maximum atomic E-state index is 5.86. The fraction of sp³-hybridized carbons (Fsp3) is 0.200. The molecule has 28 heavy (non-hydrogen) atoms. The van der Waals surface area contributed by atoms with Gasteiger partial charge in [0.1, 0.15) is 15.4 Å². The maximum absolute atomic E-state index is 5.86. The molecule has 0 aromatic heterocycles. The van der Waals surface area contributed by atoms with Crippen LogP contribution in [0.4, 0.5) is 0 Å². The third kappa shape index (κ3) is 2.78. The van der Waals surface area contributed by atoms with E-state index in [1.165, 1.54) is 48.3 Å². The molecule has 0 amide bonds. The van der Waals surface area contributed by atoms with Gasteiger partial charge in [0.2, 0.25) is 0 Å². The minimum Gasteiger partial charge on any atom is -0.357 e. The Morgan fingerprint density at radius 1 is 0.679 bits per heavy atom.